The highest BCUT2D eigenvalue weighted by atomic mass is 19.1. The van der Waals surface area contributed by atoms with Crippen LogP contribution in [-0.4, -0.2) is 49.5 Å². The number of hydrogen-bond acceptors (Lipinski definition) is 9. The molecule has 0 atom stereocenters. The monoisotopic (exact) mass is 496 g/mol. The van der Waals surface area contributed by atoms with Crippen LogP contribution in [0.1, 0.15) is 31.3 Å². The number of rotatable bonds is 5. The number of aromatic nitrogens is 4. The van der Waals surface area contributed by atoms with Crippen molar-refractivity contribution in [2.45, 2.75) is 26.4 Å². The van der Waals surface area contributed by atoms with Gasteiger partial charge in [-0.15, -0.1) is 0 Å². The Morgan fingerprint density at radius 1 is 1.22 bits per heavy atom. The summed E-state index contributed by atoms with van der Waals surface area (Å²) in [5.41, 5.74) is -1.29. The summed E-state index contributed by atoms with van der Waals surface area (Å²) in [6.45, 7) is 5.09. The predicted octanol–water partition coefficient (Wildman–Crippen LogP) is 3.72. The third-order valence-electron chi connectivity index (χ3n) is 4.81. The topological polar surface area (TPSA) is 153 Å². The molecule has 0 aromatic carbocycles. The Labute approximate surface area is 202 Å². The molecular formula is C23H21FN6O6. The summed E-state index contributed by atoms with van der Waals surface area (Å²) >= 11 is 0. The van der Waals surface area contributed by atoms with Crippen molar-refractivity contribution in [2.24, 2.45) is 0 Å². The number of anilines is 3. The number of halogens is 1. The molecule has 0 saturated carbocycles. The Balaban J connectivity index is 1.80. The second-order valence-electron chi connectivity index (χ2n) is 8.64. The highest BCUT2D eigenvalue weighted by molar-refractivity contribution is 6.05. The molecule has 36 heavy (non-hydrogen) atoms. The van der Waals surface area contributed by atoms with Gasteiger partial charge in [0.15, 0.2) is 5.52 Å². The van der Waals surface area contributed by atoms with E-state index in [4.69, 9.17) is 9.26 Å². The maximum Gasteiger partial charge on any atom is 0.414 e. The maximum absolute atomic E-state index is 13.2. The number of nitrogens with zero attached hydrogens (tertiary/aromatic N) is 5. The molecule has 0 aliphatic rings. The maximum atomic E-state index is 13.2. The number of nitrogens with one attached hydrogen (secondary N) is 1. The summed E-state index contributed by atoms with van der Waals surface area (Å²) in [5, 5.41) is 16.1. The van der Waals surface area contributed by atoms with Crippen molar-refractivity contribution in [3.05, 3.63) is 64.7 Å². The van der Waals surface area contributed by atoms with Crippen molar-refractivity contribution in [1.82, 2.24) is 19.7 Å². The smallest absolute Gasteiger partial charge is 0.414 e. The molecule has 0 spiro atoms. The normalized spacial score (nSPS) is 11.4. The molecule has 0 fully saturated rings. The molecular weight excluding hydrogens is 475 g/mol. The number of aromatic carboxylic acids is 1. The van der Waals surface area contributed by atoms with Crippen LogP contribution < -0.4 is 15.8 Å². The van der Waals surface area contributed by atoms with E-state index in [1.165, 1.54) is 42.1 Å². The van der Waals surface area contributed by atoms with Crippen LogP contribution in [-0.2, 0) is 4.74 Å². The first-order valence-electron chi connectivity index (χ1n) is 10.6. The Morgan fingerprint density at radius 3 is 2.61 bits per heavy atom. The number of hydrogen-bond donors (Lipinski definition) is 2. The number of carboxylic acids is 1. The summed E-state index contributed by atoms with van der Waals surface area (Å²) in [6.07, 6.45) is 1.70. The van der Waals surface area contributed by atoms with Crippen LogP contribution in [0, 0.1) is 5.82 Å². The fraction of sp³-hybridized carbons (Fsp3) is 0.217. The lowest BCUT2D eigenvalue weighted by atomic mass is 10.2. The van der Waals surface area contributed by atoms with Gasteiger partial charge in [-0.05, 0) is 45.0 Å². The third-order valence-corrected chi connectivity index (χ3v) is 4.81. The zero-order chi connectivity index (χ0) is 26.2. The van der Waals surface area contributed by atoms with E-state index in [1.807, 2.05) is 0 Å². The quantitative estimate of drug-likeness (QED) is 0.418. The predicted molar refractivity (Wildman–Crippen MR) is 126 cm³/mol. The van der Waals surface area contributed by atoms with Gasteiger partial charge in [0.1, 0.15) is 34.3 Å². The molecule has 4 aromatic heterocycles. The second kappa shape index (κ2) is 9.09. The number of carbonyl (C=O) groups is 2. The number of pyridine rings is 3. The number of carboxylic acid groups (broad SMARTS) is 1. The molecule has 0 unspecified atom stereocenters. The van der Waals surface area contributed by atoms with Gasteiger partial charge in [0.25, 0.3) is 11.3 Å². The standard InChI is InChI=1S/C23H21FN6O6/c1-23(2,3)35-22(34)29(4)14-10-15(27-18-17(14)28-36-19(18)21(32)33)26-13-6-5-9-30(20(13)31)16-8-7-12(24)11-25-16/h5-11H,1-4H3,(H,26,27)(H,32,33). The summed E-state index contributed by atoms with van der Waals surface area (Å²) in [4.78, 5) is 46.7. The van der Waals surface area contributed by atoms with Gasteiger partial charge in [-0.25, -0.2) is 23.9 Å². The Morgan fingerprint density at radius 2 is 1.97 bits per heavy atom. The minimum Gasteiger partial charge on any atom is -0.475 e. The average molecular weight is 496 g/mol. The van der Waals surface area contributed by atoms with Gasteiger partial charge in [-0.2, -0.15) is 0 Å². The average Bonchev–Trinajstić information content (AvgIpc) is 3.23. The first kappa shape index (κ1) is 24.3. The second-order valence-corrected chi connectivity index (χ2v) is 8.64. The lowest BCUT2D eigenvalue weighted by molar-refractivity contribution is 0.0588. The van der Waals surface area contributed by atoms with Crippen LogP contribution in [0.5, 0.6) is 0 Å². The molecule has 4 rings (SSSR count). The molecule has 0 bridgehead atoms. The zero-order valence-electron chi connectivity index (χ0n) is 19.6. The zero-order valence-corrected chi connectivity index (χ0v) is 19.6. The van der Waals surface area contributed by atoms with Crippen molar-refractivity contribution in [3.63, 3.8) is 0 Å². The Bertz CT molecular complexity index is 1520. The Hall–Kier alpha value is -4.81. The SMILES string of the molecule is CN(C(=O)OC(C)(C)C)c1cc(Nc2cccn(-c3ccc(F)cn3)c2=O)nc2c(C(=O)O)onc12. The molecule has 13 heteroatoms. The fourth-order valence-electron chi connectivity index (χ4n) is 3.21. The molecule has 4 aromatic rings. The number of ether oxygens (including phenoxy) is 1. The molecule has 12 nitrogen and oxygen atoms in total. The third kappa shape index (κ3) is 4.85. The first-order valence-corrected chi connectivity index (χ1v) is 10.6. The van der Waals surface area contributed by atoms with E-state index in [-0.39, 0.29) is 34.0 Å². The number of carbonyl (C=O) groups excluding carboxylic acids is 1. The van der Waals surface area contributed by atoms with Gasteiger partial charge in [0, 0.05) is 19.3 Å². The molecule has 186 valence electrons. The van der Waals surface area contributed by atoms with Crippen LogP contribution in [0.25, 0.3) is 16.9 Å². The van der Waals surface area contributed by atoms with E-state index in [0.717, 1.165) is 11.1 Å². The molecule has 0 aliphatic carbocycles. The van der Waals surface area contributed by atoms with Gasteiger partial charge in [-0.1, -0.05) is 5.16 Å². The van der Waals surface area contributed by atoms with E-state index in [2.05, 4.69) is 20.4 Å². The molecule has 1 amide bonds. The van der Waals surface area contributed by atoms with Crippen LogP contribution in [0.15, 0.2) is 52.0 Å². The number of fused-ring (bicyclic) bond motifs is 1. The highest BCUT2D eigenvalue weighted by Gasteiger charge is 2.27. The van der Waals surface area contributed by atoms with Crippen molar-refractivity contribution in [2.75, 3.05) is 17.3 Å². The van der Waals surface area contributed by atoms with Crippen molar-refractivity contribution < 1.29 is 28.3 Å². The summed E-state index contributed by atoms with van der Waals surface area (Å²) in [7, 11) is 1.41. The fourth-order valence-corrected chi connectivity index (χ4v) is 3.21. The highest BCUT2D eigenvalue weighted by Crippen LogP contribution is 2.31. The van der Waals surface area contributed by atoms with Gasteiger partial charge in [-0.3, -0.25) is 14.3 Å². The first-order chi connectivity index (χ1) is 16.9. The van der Waals surface area contributed by atoms with E-state index < -0.39 is 34.8 Å². The minimum absolute atomic E-state index is 0.00675. The van der Waals surface area contributed by atoms with Crippen molar-refractivity contribution in [3.8, 4) is 5.82 Å². The van der Waals surface area contributed by atoms with E-state index in [0.29, 0.717) is 0 Å². The van der Waals surface area contributed by atoms with Crippen molar-refractivity contribution >= 4 is 40.3 Å². The molecule has 0 saturated heterocycles. The summed E-state index contributed by atoms with van der Waals surface area (Å²) in [6, 6.07) is 6.94. The molecule has 0 radical (unpaired) electrons. The molecule has 4 heterocycles. The summed E-state index contributed by atoms with van der Waals surface area (Å²) in [5.74, 6) is -2.30. The van der Waals surface area contributed by atoms with E-state index in [9.17, 15) is 23.9 Å². The van der Waals surface area contributed by atoms with Gasteiger partial charge in [0.2, 0.25) is 0 Å². The van der Waals surface area contributed by atoms with Crippen LogP contribution >= 0.6 is 0 Å². The molecule has 0 aliphatic heterocycles. The van der Waals surface area contributed by atoms with E-state index in [1.54, 1.807) is 26.8 Å². The Kier molecular flexibility index (Phi) is 6.14. The molecule has 2 N–H and O–H groups in total. The number of amides is 1. The van der Waals surface area contributed by atoms with E-state index >= 15 is 0 Å². The summed E-state index contributed by atoms with van der Waals surface area (Å²) < 4.78 is 24.8. The van der Waals surface area contributed by atoms with Crippen LogP contribution in [0.4, 0.5) is 26.4 Å². The van der Waals surface area contributed by atoms with Gasteiger partial charge < -0.3 is 19.7 Å². The largest absolute Gasteiger partial charge is 0.475 e. The van der Waals surface area contributed by atoms with Crippen molar-refractivity contribution in [1.29, 1.82) is 0 Å². The van der Waals surface area contributed by atoms with Gasteiger partial charge in [0.05, 0.1) is 11.9 Å². The lowest BCUT2D eigenvalue weighted by Crippen LogP contribution is -2.34. The van der Waals surface area contributed by atoms with Crippen LogP contribution in [0.3, 0.4) is 0 Å². The van der Waals surface area contributed by atoms with Gasteiger partial charge >= 0.3 is 12.1 Å². The lowest BCUT2D eigenvalue weighted by Gasteiger charge is -2.25. The minimum atomic E-state index is -1.42. The van der Waals surface area contributed by atoms with Crippen LogP contribution in [0.2, 0.25) is 0 Å².